The van der Waals surface area contributed by atoms with Crippen molar-refractivity contribution in [2.45, 2.75) is 0 Å². The molecule has 0 aromatic heterocycles. The summed E-state index contributed by atoms with van der Waals surface area (Å²) in [5, 5.41) is 5.51. The van der Waals surface area contributed by atoms with Crippen molar-refractivity contribution < 1.29 is 4.79 Å². The molecule has 0 spiro atoms. The van der Waals surface area contributed by atoms with Gasteiger partial charge in [0.1, 0.15) is 6.34 Å². The molecule has 0 saturated heterocycles. The lowest BCUT2D eigenvalue weighted by atomic mass is 11.0. The molecule has 0 saturated carbocycles. The van der Waals surface area contributed by atoms with Crippen molar-refractivity contribution in [3.63, 3.8) is 0 Å². The van der Waals surface area contributed by atoms with Crippen LogP contribution < -0.4 is 16.5 Å². The average molecular weight is 116 g/mol. The molecule has 46 valence electrons. The highest BCUT2D eigenvalue weighted by Crippen LogP contribution is 1.56. The third kappa shape index (κ3) is 2.95. The Morgan fingerprint density at radius 1 is 1.88 bits per heavy atom. The highest BCUT2D eigenvalue weighted by molar-refractivity contribution is 5.74. The number of hydrogen-bond acceptors (Lipinski definition) is 2. The van der Waals surface area contributed by atoms with Gasteiger partial charge >= 0.3 is 6.03 Å². The molecule has 4 N–H and O–H groups in total. The van der Waals surface area contributed by atoms with E-state index in [9.17, 15) is 4.79 Å². The van der Waals surface area contributed by atoms with Crippen LogP contribution in [0.2, 0.25) is 0 Å². The smallest absolute Gasteiger partial charge is 0.334 e. The number of nitrogens with two attached hydrogens (primary N) is 1. The monoisotopic (exact) mass is 116 g/mol. The van der Waals surface area contributed by atoms with Crippen LogP contribution in [-0.4, -0.2) is 19.4 Å². The molecule has 2 amide bonds. The van der Waals surface area contributed by atoms with Crippen LogP contribution in [0.1, 0.15) is 0 Å². The second-order valence-corrected chi connectivity index (χ2v) is 0.969. The lowest BCUT2D eigenvalue weighted by Gasteiger charge is -1.92. The van der Waals surface area contributed by atoms with E-state index in [1.54, 1.807) is 0 Å². The SMILES string of the molecule is CNC(=O)N/N=C\N. The standard InChI is InChI=1S/C3H8N4O/c1-5-3(8)7-6-2-4/h2H,1H3,(H2,4,6)(H2,5,7,8). The predicted octanol–water partition coefficient (Wildman–Crippen LogP) is -1.18. The zero-order valence-electron chi connectivity index (χ0n) is 4.51. The Morgan fingerprint density at radius 2 is 2.50 bits per heavy atom. The van der Waals surface area contributed by atoms with Gasteiger partial charge in [0.15, 0.2) is 0 Å². The van der Waals surface area contributed by atoms with Gasteiger partial charge in [-0.05, 0) is 0 Å². The van der Waals surface area contributed by atoms with Crippen molar-refractivity contribution in [1.82, 2.24) is 10.7 Å². The van der Waals surface area contributed by atoms with Crippen LogP contribution in [0.25, 0.3) is 0 Å². The number of urea groups is 1. The summed E-state index contributed by atoms with van der Waals surface area (Å²) in [5.41, 5.74) is 6.87. The first-order valence-electron chi connectivity index (χ1n) is 2.02. The molecule has 8 heavy (non-hydrogen) atoms. The Morgan fingerprint density at radius 3 is 2.88 bits per heavy atom. The van der Waals surface area contributed by atoms with Gasteiger partial charge in [-0.25, -0.2) is 10.2 Å². The fraction of sp³-hybridized carbons (Fsp3) is 0.333. The van der Waals surface area contributed by atoms with Crippen molar-refractivity contribution in [3.8, 4) is 0 Å². The third-order valence-corrected chi connectivity index (χ3v) is 0.468. The molecule has 0 aliphatic rings. The zero-order valence-corrected chi connectivity index (χ0v) is 4.51. The first-order valence-corrected chi connectivity index (χ1v) is 2.02. The second-order valence-electron chi connectivity index (χ2n) is 0.969. The van der Waals surface area contributed by atoms with Gasteiger partial charge in [-0.1, -0.05) is 0 Å². The molecule has 0 radical (unpaired) electrons. The van der Waals surface area contributed by atoms with Gasteiger partial charge in [-0.15, -0.1) is 0 Å². The highest BCUT2D eigenvalue weighted by atomic mass is 16.2. The van der Waals surface area contributed by atoms with E-state index in [2.05, 4.69) is 15.8 Å². The first kappa shape index (κ1) is 6.74. The minimum atomic E-state index is -0.383. The van der Waals surface area contributed by atoms with Gasteiger partial charge in [0, 0.05) is 7.05 Å². The maximum atomic E-state index is 10.2. The molecule has 0 fully saturated rings. The molecule has 0 atom stereocenters. The Bertz CT molecular complexity index is 99.5. The normalized spacial score (nSPS) is 9.12. The molecule has 0 aliphatic carbocycles. The number of hydrazone groups is 1. The summed E-state index contributed by atoms with van der Waals surface area (Å²) in [4.78, 5) is 10.2. The van der Waals surface area contributed by atoms with Crippen LogP contribution in [0.3, 0.4) is 0 Å². The summed E-state index contributed by atoms with van der Waals surface area (Å²) in [6.45, 7) is 0. The van der Waals surface area contributed by atoms with E-state index in [0.717, 1.165) is 6.34 Å². The fourth-order valence-electron chi connectivity index (χ4n) is 0.152. The quantitative estimate of drug-likeness (QED) is 0.229. The number of rotatable bonds is 1. The molecule has 5 heteroatoms. The molecule has 0 rings (SSSR count). The summed E-state index contributed by atoms with van der Waals surface area (Å²) >= 11 is 0. The fourth-order valence-corrected chi connectivity index (χ4v) is 0.152. The number of nitrogens with zero attached hydrogens (tertiary/aromatic N) is 1. The summed E-state index contributed by atoms with van der Waals surface area (Å²) in [7, 11) is 1.49. The van der Waals surface area contributed by atoms with Crippen LogP contribution >= 0.6 is 0 Å². The summed E-state index contributed by atoms with van der Waals surface area (Å²) < 4.78 is 0. The minimum Gasteiger partial charge on any atom is -0.388 e. The summed E-state index contributed by atoms with van der Waals surface area (Å²) in [6, 6.07) is -0.383. The van der Waals surface area contributed by atoms with Gasteiger partial charge in [0.25, 0.3) is 0 Å². The molecule has 0 aliphatic heterocycles. The Kier molecular flexibility index (Phi) is 3.30. The summed E-state index contributed by atoms with van der Waals surface area (Å²) in [5.74, 6) is 0. The Balaban J connectivity index is 3.25. The van der Waals surface area contributed by atoms with Gasteiger partial charge in [0.05, 0.1) is 0 Å². The Hall–Kier alpha value is -1.26. The van der Waals surface area contributed by atoms with Gasteiger partial charge in [-0.2, -0.15) is 5.10 Å². The van der Waals surface area contributed by atoms with Crippen LogP contribution in [-0.2, 0) is 0 Å². The highest BCUT2D eigenvalue weighted by Gasteiger charge is 1.86. The molecular weight excluding hydrogens is 108 g/mol. The van der Waals surface area contributed by atoms with E-state index < -0.39 is 0 Å². The van der Waals surface area contributed by atoms with E-state index >= 15 is 0 Å². The lowest BCUT2D eigenvalue weighted by Crippen LogP contribution is -2.29. The van der Waals surface area contributed by atoms with Gasteiger partial charge in [0.2, 0.25) is 0 Å². The zero-order chi connectivity index (χ0) is 6.41. The molecule has 0 bridgehead atoms. The van der Waals surface area contributed by atoms with Crippen molar-refractivity contribution in [1.29, 1.82) is 0 Å². The molecule has 0 unspecified atom stereocenters. The molecule has 0 aromatic rings. The number of nitrogens with one attached hydrogen (secondary N) is 2. The number of hydrogen-bond donors (Lipinski definition) is 3. The van der Waals surface area contributed by atoms with Gasteiger partial charge in [-0.3, -0.25) is 0 Å². The van der Waals surface area contributed by atoms with E-state index in [1.165, 1.54) is 7.05 Å². The average Bonchev–Trinajstić information content (AvgIpc) is 1.83. The van der Waals surface area contributed by atoms with Crippen molar-refractivity contribution in [2.24, 2.45) is 10.8 Å². The topological polar surface area (TPSA) is 79.5 Å². The number of carbonyl (C=O) groups is 1. The molecular formula is C3H8N4O. The number of carbonyl (C=O) groups excluding carboxylic acids is 1. The van der Waals surface area contributed by atoms with Crippen LogP contribution in [0, 0.1) is 0 Å². The third-order valence-electron chi connectivity index (χ3n) is 0.468. The second kappa shape index (κ2) is 3.91. The number of amides is 2. The summed E-state index contributed by atoms with van der Waals surface area (Å²) in [6.07, 6.45) is 0.995. The molecule has 5 nitrogen and oxygen atoms in total. The van der Waals surface area contributed by atoms with Crippen molar-refractivity contribution >= 4 is 12.4 Å². The van der Waals surface area contributed by atoms with E-state index in [-0.39, 0.29) is 6.03 Å². The van der Waals surface area contributed by atoms with E-state index in [1.807, 2.05) is 0 Å². The minimum absolute atomic E-state index is 0.383. The first-order chi connectivity index (χ1) is 3.81. The lowest BCUT2D eigenvalue weighted by molar-refractivity contribution is 0.243. The van der Waals surface area contributed by atoms with Crippen molar-refractivity contribution in [3.05, 3.63) is 0 Å². The maximum absolute atomic E-state index is 10.2. The van der Waals surface area contributed by atoms with Crippen LogP contribution in [0.15, 0.2) is 5.10 Å². The predicted molar refractivity (Wildman–Crippen MR) is 30.3 cm³/mol. The van der Waals surface area contributed by atoms with Gasteiger partial charge < -0.3 is 11.1 Å². The van der Waals surface area contributed by atoms with E-state index in [4.69, 9.17) is 5.73 Å². The van der Waals surface area contributed by atoms with Crippen LogP contribution in [0.5, 0.6) is 0 Å². The molecule has 0 aromatic carbocycles. The molecule has 0 heterocycles. The largest absolute Gasteiger partial charge is 0.388 e. The van der Waals surface area contributed by atoms with E-state index in [0.29, 0.717) is 0 Å². The Labute approximate surface area is 46.9 Å². The van der Waals surface area contributed by atoms with Crippen LogP contribution in [0.4, 0.5) is 4.79 Å². The van der Waals surface area contributed by atoms with Crippen molar-refractivity contribution in [2.75, 3.05) is 7.05 Å². The maximum Gasteiger partial charge on any atom is 0.334 e.